The van der Waals surface area contributed by atoms with Crippen LogP contribution >= 0.6 is 0 Å². The Labute approximate surface area is 105 Å². The van der Waals surface area contributed by atoms with Crippen molar-refractivity contribution in [1.82, 2.24) is 10.3 Å². The zero-order valence-electron chi connectivity index (χ0n) is 10.3. The molecule has 2 N–H and O–H groups in total. The van der Waals surface area contributed by atoms with E-state index in [0.29, 0.717) is 12.3 Å². The van der Waals surface area contributed by atoms with Crippen LogP contribution in [0.5, 0.6) is 0 Å². The number of carboxylic acids is 1. The van der Waals surface area contributed by atoms with Crippen LogP contribution in [-0.2, 0) is 11.3 Å². The van der Waals surface area contributed by atoms with E-state index in [4.69, 9.17) is 9.84 Å². The van der Waals surface area contributed by atoms with Crippen molar-refractivity contribution in [2.24, 2.45) is 5.92 Å². The third kappa shape index (κ3) is 4.82. The molecule has 6 nitrogen and oxygen atoms in total. The maximum absolute atomic E-state index is 11.3. The first-order valence-electron chi connectivity index (χ1n) is 5.58. The first kappa shape index (κ1) is 14.0. The average molecular weight is 252 g/mol. The Morgan fingerprint density at radius 1 is 1.50 bits per heavy atom. The summed E-state index contributed by atoms with van der Waals surface area (Å²) in [6.45, 7) is 4.35. The standard InChI is InChI=1S/C12H16N2O4/c1-8(2)7-18-12(17)14-6-10-5-9(11(15)16)3-4-13-10/h3-5,8H,6-7H2,1-2H3,(H,14,17)(H,15,16). The molecule has 1 amide bonds. The Kier molecular flexibility index (Phi) is 5.10. The maximum Gasteiger partial charge on any atom is 0.407 e. The summed E-state index contributed by atoms with van der Waals surface area (Å²) in [7, 11) is 0. The monoisotopic (exact) mass is 252 g/mol. The highest BCUT2D eigenvalue weighted by Gasteiger charge is 2.07. The maximum atomic E-state index is 11.3. The van der Waals surface area contributed by atoms with Gasteiger partial charge in [0.25, 0.3) is 0 Å². The van der Waals surface area contributed by atoms with E-state index < -0.39 is 12.1 Å². The molecular formula is C12H16N2O4. The van der Waals surface area contributed by atoms with Crippen LogP contribution in [0.1, 0.15) is 29.9 Å². The summed E-state index contributed by atoms with van der Waals surface area (Å²) in [4.78, 5) is 25.9. The molecule has 0 unspecified atom stereocenters. The number of aromatic nitrogens is 1. The summed E-state index contributed by atoms with van der Waals surface area (Å²) in [5.41, 5.74) is 0.605. The fourth-order valence-corrected chi connectivity index (χ4v) is 1.16. The number of aromatic carboxylic acids is 1. The lowest BCUT2D eigenvalue weighted by molar-refractivity contribution is 0.0696. The molecule has 0 saturated heterocycles. The molecule has 18 heavy (non-hydrogen) atoms. The number of nitrogens with zero attached hydrogens (tertiary/aromatic N) is 1. The van der Waals surface area contributed by atoms with Gasteiger partial charge in [-0.25, -0.2) is 9.59 Å². The van der Waals surface area contributed by atoms with Gasteiger partial charge in [0.1, 0.15) is 0 Å². The number of amides is 1. The van der Waals surface area contributed by atoms with Gasteiger partial charge in [-0.15, -0.1) is 0 Å². The second-order valence-electron chi connectivity index (χ2n) is 4.19. The molecule has 0 aliphatic carbocycles. The van der Waals surface area contributed by atoms with Gasteiger partial charge in [0, 0.05) is 6.20 Å². The van der Waals surface area contributed by atoms with Gasteiger partial charge in [0.05, 0.1) is 24.4 Å². The van der Waals surface area contributed by atoms with Crippen LogP contribution in [0.4, 0.5) is 4.79 Å². The van der Waals surface area contributed by atoms with Gasteiger partial charge in [-0.2, -0.15) is 0 Å². The first-order chi connectivity index (χ1) is 8.49. The van der Waals surface area contributed by atoms with E-state index in [0.717, 1.165) is 0 Å². The molecule has 6 heteroatoms. The molecule has 0 fully saturated rings. The molecule has 0 aliphatic rings. The fourth-order valence-electron chi connectivity index (χ4n) is 1.16. The third-order valence-corrected chi connectivity index (χ3v) is 2.03. The van der Waals surface area contributed by atoms with Crippen LogP contribution in [0.2, 0.25) is 0 Å². The summed E-state index contributed by atoms with van der Waals surface area (Å²) in [5.74, 6) is -0.759. The number of alkyl carbamates (subject to hydrolysis) is 1. The van der Waals surface area contributed by atoms with E-state index >= 15 is 0 Å². The molecule has 1 aromatic heterocycles. The Morgan fingerprint density at radius 3 is 2.83 bits per heavy atom. The number of carboxylic acid groups (broad SMARTS) is 1. The minimum Gasteiger partial charge on any atom is -0.478 e. The van der Waals surface area contributed by atoms with Crippen molar-refractivity contribution in [3.05, 3.63) is 29.6 Å². The van der Waals surface area contributed by atoms with Crippen molar-refractivity contribution >= 4 is 12.1 Å². The zero-order chi connectivity index (χ0) is 13.5. The molecule has 0 spiro atoms. The Hall–Kier alpha value is -2.11. The molecule has 98 valence electrons. The summed E-state index contributed by atoms with van der Waals surface area (Å²) >= 11 is 0. The van der Waals surface area contributed by atoms with Gasteiger partial charge in [0.15, 0.2) is 0 Å². The summed E-state index contributed by atoms with van der Waals surface area (Å²) < 4.78 is 4.91. The predicted octanol–water partition coefficient (Wildman–Crippen LogP) is 1.66. The van der Waals surface area contributed by atoms with Gasteiger partial charge in [-0.3, -0.25) is 4.98 Å². The number of hydrogen-bond acceptors (Lipinski definition) is 4. The van der Waals surface area contributed by atoms with Gasteiger partial charge in [-0.05, 0) is 18.1 Å². The number of hydrogen-bond donors (Lipinski definition) is 2. The van der Waals surface area contributed by atoms with Crippen LogP contribution < -0.4 is 5.32 Å². The number of rotatable bonds is 5. The zero-order valence-corrected chi connectivity index (χ0v) is 10.3. The van der Waals surface area contributed by atoms with Crippen LogP contribution in [-0.4, -0.2) is 28.8 Å². The van der Waals surface area contributed by atoms with E-state index in [-0.39, 0.29) is 18.0 Å². The normalized spacial score (nSPS) is 10.2. The molecule has 1 aromatic rings. The van der Waals surface area contributed by atoms with E-state index in [1.54, 1.807) is 0 Å². The lowest BCUT2D eigenvalue weighted by Crippen LogP contribution is -2.25. The van der Waals surface area contributed by atoms with Crippen molar-refractivity contribution in [2.45, 2.75) is 20.4 Å². The first-order valence-corrected chi connectivity index (χ1v) is 5.58. The molecule has 0 bridgehead atoms. The quantitative estimate of drug-likeness (QED) is 0.832. The highest BCUT2D eigenvalue weighted by atomic mass is 16.5. The molecule has 0 aromatic carbocycles. The molecule has 1 rings (SSSR count). The minimum absolute atomic E-state index is 0.136. The minimum atomic E-state index is -1.03. The summed E-state index contributed by atoms with van der Waals surface area (Å²) in [5, 5.41) is 11.3. The van der Waals surface area contributed by atoms with Crippen LogP contribution in [0.25, 0.3) is 0 Å². The highest BCUT2D eigenvalue weighted by molar-refractivity contribution is 5.87. The number of carbonyl (C=O) groups excluding carboxylic acids is 1. The Balaban J connectivity index is 2.46. The number of nitrogens with one attached hydrogen (secondary N) is 1. The topological polar surface area (TPSA) is 88.5 Å². The molecule has 0 saturated carbocycles. The lowest BCUT2D eigenvalue weighted by atomic mass is 10.2. The second kappa shape index (κ2) is 6.58. The van der Waals surface area contributed by atoms with Crippen molar-refractivity contribution in [3.63, 3.8) is 0 Å². The second-order valence-corrected chi connectivity index (χ2v) is 4.19. The smallest absolute Gasteiger partial charge is 0.407 e. The number of ether oxygens (including phenoxy) is 1. The van der Waals surface area contributed by atoms with E-state index in [2.05, 4.69) is 10.3 Å². The van der Waals surface area contributed by atoms with E-state index in [1.165, 1.54) is 18.3 Å². The molecule has 0 radical (unpaired) electrons. The third-order valence-electron chi connectivity index (χ3n) is 2.03. The van der Waals surface area contributed by atoms with Crippen molar-refractivity contribution in [1.29, 1.82) is 0 Å². The average Bonchev–Trinajstić information content (AvgIpc) is 2.34. The number of pyridine rings is 1. The highest BCUT2D eigenvalue weighted by Crippen LogP contribution is 2.02. The summed E-state index contributed by atoms with van der Waals surface area (Å²) in [6, 6.07) is 2.80. The van der Waals surface area contributed by atoms with Crippen molar-refractivity contribution in [3.8, 4) is 0 Å². The largest absolute Gasteiger partial charge is 0.478 e. The van der Waals surface area contributed by atoms with Gasteiger partial charge in [-0.1, -0.05) is 13.8 Å². The van der Waals surface area contributed by atoms with Gasteiger partial charge < -0.3 is 15.2 Å². The number of carbonyl (C=O) groups is 2. The molecular weight excluding hydrogens is 236 g/mol. The lowest BCUT2D eigenvalue weighted by Gasteiger charge is -2.08. The molecule has 0 atom stereocenters. The van der Waals surface area contributed by atoms with Crippen LogP contribution in [0, 0.1) is 5.92 Å². The van der Waals surface area contributed by atoms with Gasteiger partial charge >= 0.3 is 12.1 Å². The molecule has 1 heterocycles. The summed E-state index contributed by atoms with van der Waals surface area (Å²) in [6.07, 6.45) is 0.853. The predicted molar refractivity (Wildman–Crippen MR) is 64.2 cm³/mol. The Morgan fingerprint density at radius 2 is 2.22 bits per heavy atom. The van der Waals surface area contributed by atoms with Crippen LogP contribution in [0.15, 0.2) is 18.3 Å². The Bertz CT molecular complexity index is 432. The van der Waals surface area contributed by atoms with E-state index in [1.807, 2.05) is 13.8 Å². The van der Waals surface area contributed by atoms with Crippen molar-refractivity contribution in [2.75, 3.05) is 6.61 Å². The molecule has 0 aliphatic heterocycles. The fraction of sp³-hybridized carbons (Fsp3) is 0.417. The SMILES string of the molecule is CC(C)COC(=O)NCc1cc(C(=O)O)ccn1. The van der Waals surface area contributed by atoms with Crippen molar-refractivity contribution < 1.29 is 19.4 Å². The van der Waals surface area contributed by atoms with Gasteiger partial charge in [0.2, 0.25) is 0 Å². The van der Waals surface area contributed by atoms with E-state index in [9.17, 15) is 9.59 Å². The van der Waals surface area contributed by atoms with Crippen LogP contribution in [0.3, 0.4) is 0 Å².